The van der Waals surface area contributed by atoms with Crippen LogP contribution in [-0.2, 0) is 11.2 Å². The first-order valence-corrected chi connectivity index (χ1v) is 9.07. The number of hydrogen-bond donors (Lipinski definition) is 0. The molecule has 1 atom stereocenters. The van der Waals surface area contributed by atoms with Crippen molar-refractivity contribution in [1.29, 1.82) is 0 Å². The summed E-state index contributed by atoms with van der Waals surface area (Å²) in [5.41, 5.74) is -0.107. The van der Waals surface area contributed by atoms with Gasteiger partial charge in [-0.25, -0.2) is 13.8 Å². The summed E-state index contributed by atoms with van der Waals surface area (Å²) in [5.74, 6) is -2.87. The molecule has 146 valence electrons. The molecule has 0 aliphatic rings. The zero-order chi connectivity index (χ0) is 20.4. The molecule has 2 aromatic rings. The van der Waals surface area contributed by atoms with Crippen LogP contribution in [0.4, 0.5) is 27.6 Å². The maximum absolute atomic E-state index is 14.3. The number of halogens is 5. The lowest BCUT2D eigenvalue weighted by atomic mass is 10.1. The van der Waals surface area contributed by atoms with Crippen molar-refractivity contribution < 1.29 is 26.5 Å². The second-order valence-electron chi connectivity index (χ2n) is 5.98. The van der Waals surface area contributed by atoms with Gasteiger partial charge in [-0.15, -0.1) is 0 Å². The molecule has 3 nitrogen and oxygen atoms in total. The summed E-state index contributed by atoms with van der Waals surface area (Å²) in [5, 5.41) is 0. The molecule has 0 spiro atoms. The number of amidine groups is 1. The Balaban J connectivity index is 2.55. The Bertz CT molecular complexity index is 852. The summed E-state index contributed by atoms with van der Waals surface area (Å²) >= 11 is -2.41. The van der Waals surface area contributed by atoms with Gasteiger partial charge in [0.25, 0.3) is 0 Å². The third-order valence-corrected chi connectivity index (χ3v) is 5.07. The number of nitrogens with zero attached hydrogens (tertiary/aromatic N) is 2. The van der Waals surface area contributed by atoms with Crippen LogP contribution in [0.15, 0.2) is 46.3 Å². The molecule has 0 N–H and O–H groups in total. The Hall–Kier alpha value is -2.13. The van der Waals surface area contributed by atoms with Gasteiger partial charge in [-0.3, -0.25) is 0 Å². The molecule has 0 aliphatic carbocycles. The number of benzene rings is 2. The SMILES string of the molecule is Cc1cc(F)c(/N=C(\c2ccccc2F)N(C)C)cc1[S+]([O-])CC(F)(F)F. The van der Waals surface area contributed by atoms with Gasteiger partial charge in [0.1, 0.15) is 23.2 Å². The maximum atomic E-state index is 14.3. The topological polar surface area (TPSA) is 38.7 Å². The number of aliphatic imine (C=N–C) groups is 1. The van der Waals surface area contributed by atoms with Gasteiger partial charge in [-0.1, -0.05) is 12.1 Å². The molecule has 0 radical (unpaired) electrons. The van der Waals surface area contributed by atoms with Crippen LogP contribution in [0.1, 0.15) is 11.1 Å². The van der Waals surface area contributed by atoms with Crippen molar-refractivity contribution >= 4 is 22.7 Å². The third-order valence-electron chi connectivity index (χ3n) is 3.55. The molecule has 9 heteroatoms. The molecule has 0 bridgehead atoms. The van der Waals surface area contributed by atoms with Crippen LogP contribution >= 0.6 is 0 Å². The van der Waals surface area contributed by atoms with Crippen molar-refractivity contribution in [3.05, 3.63) is 59.2 Å². The zero-order valence-electron chi connectivity index (χ0n) is 14.8. The molecule has 0 fully saturated rings. The summed E-state index contributed by atoms with van der Waals surface area (Å²) in [6.45, 7) is 1.36. The molecule has 0 heterocycles. The third kappa shape index (κ3) is 5.43. The van der Waals surface area contributed by atoms with Crippen molar-refractivity contribution in [3.63, 3.8) is 0 Å². The van der Waals surface area contributed by atoms with E-state index in [2.05, 4.69) is 4.99 Å². The van der Waals surface area contributed by atoms with Gasteiger partial charge in [0.05, 0.1) is 5.56 Å². The molecule has 27 heavy (non-hydrogen) atoms. The van der Waals surface area contributed by atoms with Crippen molar-refractivity contribution in [2.24, 2.45) is 4.99 Å². The first-order chi connectivity index (χ1) is 12.5. The van der Waals surface area contributed by atoms with Gasteiger partial charge in [0, 0.05) is 25.7 Å². The minimum atomic E-state index is -4.63. The van der Waals surface area contributed by atoms with Crippen molar-refractivity contribution in [2.75, 3.05) is 19.8 Å². The Morgan fingerprint density at radius 2 is 1.74 bits per heavy atom. The van der Waals surface area contributed by atoms with Crippen LogP contribution in [0.3, 0.4) is 0 Å². The minimum Gasteiger partial charge on any atom is -0.611 e. The highest BCUT2D eigenvalue weighted by Crippen LogP contribution is 2.30. The predicted octanol–water partition coefficient (Wildman–Crippen LogP) is 4.58. The number of hydrogen-bond acceptors (Lipinski definition) is 2. The fraction of sp³-hybridized carbons (Fsp3) is 0.278. The van der Waals surface area contributed by atoms with E-state index < -0.39 is 34.7 Å². The normalized spacial score (nSPS) is 13.6. The van der Waals surface area contributed by atoms with E-state index in [1.807, 2.05) is 0 Å². The standard InChI is InChI=1S/C18H17F5N2OS/c1-11-8-14(20)15(9-16(11)27(26)10-18(21,22)23)24-17(25(2)3)12-6-4-5-7-13(12)19/h4-9H,10H2,1-3H3/b24-17+. The first-order valence-electron chi connectivity index (χ1n) is 7.76. The lowest BCUT2D eigenvalue weighted by molar-refractivity contribution is -0.106. The largest absolute Gasteiger partial charge is 0.611 e. The summed E-state index contributed by atoms with van der Waals surface area (Å²) in [4.78, 5) is 5.36. The lowest BCUT2D eigenvalue weighted by Gasteiger charge is -2.18. The molecule has 0 saturated carbocycles. The van der Waals surface area contributed by atoms with E-state index in [4.69, 9.17) is 0 Å². The fourth-order valence-electron chi connectivity index (χ4n) is 2.36. The highest BCUT2D eigenvalue weighted by atomic mass is 32.2. The van der Waals surface area contributed by atoms with Crippen LogP contribution in [0, 0.1) is 18.6 Å². The molecule has 0 aliphatic heterocycles. The quantitative estimate of drug-likeness (QED) is 0.324. The molecular formula is C18H17F5N2OS. The maximum Gasteiger partial charge on any atom is 0.433 e. The molecule has 0 saturated heterocycles. The number of alkyl halides is 3. The second kappa shape index (κ2) is 8.26. The van der Waals surface area contributed by atoms with Gasteiger partial charge in [0.15, 0.2) is 4.90 Å². The molecule has 0 aromatic heterocycles. The van der Waals surface area contributed by atoms with Gasteiger partial charge in [-0.05, 0) is 36.3 Å². The van der Waals surface area contributed by atoms with Gasteiger partial charge in [-0.2, -0.15) is 13.2 Å². The summed E-state index contributed by atoms with van der Waals surface area (Å²) < 4.78 is 78.1. The second-order valence-corrected chi connectivity index (χ2v) is 7.40. The highest BCUT2D eigenvalue weighted by Gasteiger charge is 2.36. The average molecular weight is 404 g/mol. The van der Waals surface area contributed by atoms with E-state index in [9.17, 15) is 26.5 Å². The Labute approximate surface area is 156 Å². The van der Waals surface area contributed by atoms with Crippen molar-refractivity contribution in [2.45, 2.75) is 18.0 Å². The Morgan fingerprint density at radius 3 is 2.30 bits per heavy atom. The molecule has 2 rings (SSSR count). The van der Waals surface area contributed by atoms with E-state index in [1.54, 1.807) is 20.2 Å². The van der Waals surface area contributed by atoms with Gasteiger partial charge < -0.3 is 9.45 Å². The van der Waals surface area contributed by atoms with E-state index in [0.717, 1.165) is 12.1 Å². The highest BCUT2D eigenvalue weighted by molar-refractivity contribution is 7.91. The van der Waals surface area contributed by atoms with Crippen LogP contribution < -0.4 is 0 Å². The van der Waals surface area contributed by atoms with Crippen LogP contribution in [0.25, 0.3) is 0 Å². The van der Waals surface area contributed by atoms with Gasteiger partial charge in [0.2, 0.25) is 5.75 Å². The van der Waals surface area contributed by atoms with E-state index in [1.165, 1.54) is 30.0 Å². The summed E-state index contributed by atoms with van der Waals surface area (Å²) in [7, 11) is 3.14. The number of aryl methyl sites for hydroxylation is 1. The summed E-state index contributed by atoms with van der Waals surface area (Å²) in [6.07, 6.45) is -4.63. The average Bonchev–Trinajstić information content (AvgIpc) is 2.53. The molecule has 1 unspecified atom stereocenters. The first kappa shape index (κ1) is 21.2. The zero-order valence-corrected chi connectivity index (χ0v) is 15.6. The molecule has 0 amide bonds. The van der Waals surface area contributed by atoms with Gasteiger partial charge >= 0.3 is 6.18 Å². The minimum absolute atomic E-state index is 0.0726. The summed E-state index contributed by atoms with van der Waals surface area (Å²) in [6, 6.07) is 7.70. The lowest BCUT2D eigenvalue weighted by Crippen LogP contribution is -2.24. The Kier molecular flexibility index (Phi) is 6.48. The molecule has 2 aromatic carbocycles. The van der Waals surface area contributed by atoms with Crippen LogP contribution in [0.5, 0.6) is 0 Å². The van der Waals surface area contributed by atoms with E-state index in [0.29, 0.717) is 0 Å². The van der Waals surface area contributed by atoms with Crippen molar-refractivity contribution in [3.8, 4) is 0 Å². The van der Waals surface area contributed by atoms with Crippen LogP contribution in [0.2, 0.25) is 0 Å². The smallest absolute Gasteiger partial charge is 0.433 e. The van der Waals surface area contributed by atoms with Crippen LogP contribution in [-0.4, -0.2) is 41.3 Å². The van der Waals surface area contributed by atoms with Crippen molar-refractivity contribution in [1.82, 2.24) is 4.90 Å². The molecular weight excluding hydrogens is 387 g/mol. The van der Waals surface area contributed by atoms with E-state index >= 15 is 0 Å². The monoisotopic (exact) mass is 404 g/mol. The fourth-order valence-corrected chi connectivity index (χ4v) is 3.47. The predicted molar refractivity (Wildman–Crippen MR) is 94.8 cm³/mol. The van der Waals surface area contributed by atoms with E-state index in [-0.39, 0.29) is 27.5 Å². The Morgan fingerprint density at radius 1 is 1.11 bits per heavy atom. The number of rotatable bonds is 4.